The van der Waals surface area contributed by atoms with Crippen LogP contribution in [0.3, 0.4) is 0 Å². The predicted molar refractivity (Wildman–Crippen MR) is 58.2 cm³/mol. The van der Waals surface area contributed by atoms with Gasteiger partial charge in [-0.1, -0.05) is 13.3 Å². The molecule has 0 fully saturated rings. The Morgan fingerprint density at radius 1 is 1.46 bits per heavy atom. The van der Waals surface area contributed by atoms with Gasteiger partial charge in [0.15, 0.2) is 0 Å². The average molecular weight is 198 g/mol. The first-order valence-electron chi connectivity index (χ1n) is 5.02. The van der Waals surface area contributed by atoms with Crippen LogP contribution in [-0.2, 0) is 6.42 Å². The summed E-state index contributed by atoms with van der Waals surface area (Å²) in [6.45, 7) is 2.03. The second kappa shape index (κ2) is 6.17. The zero-order valence-corrected chi connectivity index (χ0v) is 9.02. The molecule has 0 saturated heterocycles. The minimum absolute atomic E-state index is 0.0810. The van der Waals surface area contributed by atoms with Crippen molar-refractivity contribution in [2.24, 2.45) is 0 Å². The maximum absolute atomic E-state index is 9.32. The van der Waals surface area contributed by atoms with E-state index in [1.807, 2.05) is 6.92 Å². The number of aliphatic hydroxyl groups is 1. The Bertz CT molecular complexity index is 206. The van der Waals surface area contributed by atoms with E-state index >= 15 is 0 Å². The first-order chi connectivity index (χ1) is 6.33. The molecule has 0 saturated carbocycles. The van der Waals surface area contributed by atoms with Gasteiger partial charge >= 0.3 is 0 Å². The summed E-state index contributed by atoms with van der Waals surface area (Å²) in [6, 6.07) is 2.18. The molecule has 1 rings (SSSR count). The van der Waals surface area contributed by atoms with Crippen molar-refractivity contribution in [1.29, 1.82) is 0 Å². The highest BCUT2D eigenvalue weighted by Gasteiger charge is 2.00. The molecule has 0 amide bonds. The number of aliphatic hydroxyl groups excluding tert-OH is 1. The molecular formula is C11H18OS. The first kappa shape index (κ1) is 10.7. The molecule has 0 radical (unpaired) electrons. The maximum atomic E-state index is 9.32. The molecule has 13 heavy (non-hydrogen) atoms. The Balaban J connectivity index is 2.02. The van der Waals surface area contributed by atoms with Crippen molar-refractivity contribution >= 4 is 11.3 Å². The van der Waals surface area contributed by atoms with Crippen molar-refractivity contribution in [3.8, 4) is 0 Å². The third-order valence-corrected chi connectivity index (χ3v) is 3.04. The van der Waals surface area contributed by atoms with Crippen LogP contribution in [0.5, 0.6) is 0 Å². The molecule has 0 aliphatic heterocycles. The number of unbranched alkanes of at least 4 members (excludes halogenated alkanes) is 1. The zero-order valence-electron chi connectivity index (χ0n) is 8.20. The molecule has 0 aromatic carbocycles. The summed E-state index contributed by atoms with van der Waals surface area (Å²) in [6.07, 6.45) is 5.28. The van der Waals surface area contributed by atoms with Crippen molar-refractivity contribution in [2.45, 2.75) is 45.1 Å². The van der Waals surface area contributed by atoms with Crippen LogP contribution in [0.25, 0.3) is 0 Å². The van der Waals surface area contributed by atoms with Crippen LogP contribution in [0.15, 0.2) is 16.8 Å². The fraction of sp³-hybridized carbons (Fsp3) is 0.636. The van der Waals surface area contributed by atoms with E-state index in [9.17, 15) is 5.11 Å². The van der Waals surface area contributed by atoms with E-state index < -0.39 is 0 Å². The lowest BCUT2D eigenvalue weighted by atomic mass is 10.1. The molecule has 1 N–H and O–H groups in total. The monoisotopic (exact) mass is 198 g/mol. The molecule has 1 aromatic heterocycles. The van der Waals surface area contributed by atoms with Gasteiger partial charge in [-0.15, -0.1) is 0 Å². The summed E-state index contributed by atoms with van der Waals surface area (Å²) in [5, 5.41) is 13.6. The van der Waals surface area contributed by atoms with E-state index in [1.54, 1.807) is 11.3 Å². The Morgan fingerprint density at radius 2 is 2.31 bits per heavy atom. The van der Waals surface area contributed by atoms with Crippen molar-refractivity contribution in [2.75, 3.05) is 0 Å². The highest BCUT2D eigenvalue weighted by Crippen LogP contribution is 2.11. The molecular weight excluding hydrogens is 180 g/mol. The van der Waals surface area contributed by atoms with Crippen LogP contribution in [-0.4, -0.2) is 11.2 Å². The number of rotatable bonds is 6. The Morgan fingerprint density at radius 3 is 2.92 bits per heavy atom. The lowest BCUT2D eigenvalue weighted by Crippen LogP contribution is -2.03. The summed E-state index contributed by atoms with van der Waals surface area (Å²) >= 11 is 1.76. The average Bonchev–Trinajstić information content (AvgIpc) is 2.64. The molecule has 0 aliphatic carbocycles. The fourth-order valence-corrected chi connectivity index (χ4v) is 2.05. The molecule has 0 bridgehead atoms. The molecule has 74 valence electrons. The molecule has 2 heteroatoms. The standard InChI is InChI=1S/C11H18OS/c1-2-11(12)6-4-3-5-10-7-8-13-9-10/h7-9,11-12H,2-6H2,1H3. The molecule has 1 aromatic rings. The number of aryl methyl sites for hydroxylation is 1. The SMILES string of the molecule is CCC(O)CCCCc1ccsc1. The van der Waals surface area contributed by atoms with Gasteiger partial charge in [0.25, 0.3) is 0 Å². The fourth-order valence-electron chi connectivity index (χ4n) is 1.35. The van der Waals surface area contributed by atoms with Crippen LogP contribution in [0.4, 0.5) is 0 Å². The predicted octanol–water partition coefficient (Wildman–Crippen LogP) is 3.23. The smallest absolute Gasteiger partial charge is 0.0537 e. The number of hydrogen-bond donors (Lipinski definition) is 1. The van der Waals surface area contributed by atoms with Crippen LogP contribution >= 0.6 is 11.3 Å². The van der Waals surface area contributed by atoms with Gasteiger partial charge in [-0.3, -0.25) is 0 Å². The summed E-state index contributed by atoms with van der Waals surface area (Å²) in [5.74, 6) is 0. The summed E-state index contributed by atoms with van der Waals surface area (Å²) in [7, 11) is 0. The van der Waals surface area contributed by atoms with E-state index in [4.69, 9.17) is 0 Å². The molecule has 0 aliphatic rings. The lowest BCUT2D eigenvalue weighted by Gasteiger charge is -2.05. The van der Waals surface area contributed by atoms with Crippen molar-refractivity contribution in [3.63, 3.8) is 0 Å². The van der Waals surface area contributed by atoms with E-state index in [1.165, 1.54) is 18.4 Å². The van der Waals surface area contributed by atoms with Gasteiger partial charge in [0.2, 0.25) is 0 Å². The highest BCUT2D eigenvalue weighted by molar-refractivity contribution is 7.07. The molecule has 1 unspecified atom stereocenters. The minimum atomic E-state index is -0.0810. The van der Waals surface area contributed by atoms with Gasteiger partial charge in [-0.05, 0) is 48.1 Å². The third-order valence-electron chi connectivity index (χ3n) is 2.30. The summed E-state index contributed by atoms with van der Waals surface area (Å²) < 4.78 is 0. The van der Waals surface area contributed by atoms with Gasteiger partial charge in [-0.25, -0.2) is 0 Å². The quantitative estimate of drug-likeness (QED) is 0.696. The van der Waals surface area contributed by atoms with Crippen molar-refractivity contribution in [1.82, 2.24) is 0 Å². The van der Waals surface area contributed by atoms with Gasteiger partial charge in [-0.2, -0.15) is 11.3 Å². The minimum Gasteiger partial charge on any atom is -0.393 e. The van der Waals surface area contributed by atoms with Gasteiger partial charge < -0.3 is 5.11 Å². The summed E-state index contributed by atoms with van der Waals surface area (Å²) in [4.78, 5) is 0. The zero-order chi connectivity index (χ0) is 9.52. The van der Waals surface area contributed by atoms with E-state index in [2.05, 4.69) is 16.8 Å². The van der Waals surface area contributed by atoms with Crippen LogP contribution in [0, 0.1) is 0 Å². The Labute approximate surface area is 84.4 Å². The van der Waals surface area contributed by atoms with Gasteiger partial charge in [0, 0.05) is 0 Å². The molecule has 0 spiro atoms. The molecule has 1 atom stereocenters. The van der Waals surface area contributed by atoms with Crippen LogP contribution in [0.2, 0.25) is 0 Å². The van der Waals surface area contributed by atoms with Crippen LogP contribution < -0.4 is 0 Å². The second-order valence-electron chi connectivity index (χ2n) is 3.44. The summed E-state index contributed by atoms with van der Waals surface area (Å²) in [5.41, 5.74) is 1.44. The maximum Gasteiger partial charge on any atom is 0.0537 e. The van der Waals surface area contributed by atoms with E-state index in [0.29, 0.717) is 0 Å². The van der Waals surface area contributed by atoms with E-state index in [0.717, 1.165) is 19.3 Å². The van der Waals surface area contributed by atoms with Crippen molar-refractivity contribution in [3.05, 3.63) is 22.4 Å². The Hall–Kier alpha value is -0.340. The first-order valence-corrected chi connectivity index (χ1v) is 5.96. The normalized spacial score (nSPS) is 13.1. The van der Waals surface area contributed by atoms with Crippen molar-refractivity contribution < 1.29 is 5.11 Å². The van der Waals surface area contributed by atoms with Gasteiger partial charge in [0.1, 0.15) is 0 Å². The van der Waals surface area contributed by atoms with E-state index in [-0.39, 0.29) is 6.10 Å². The topological polar surface area (TPSA) is 20.2 Å². The van der Waals surface area contributed by atoms with Gasteiger partial charge in [0.05, 0.1) is 6.10 Å². The second-order valence-corrected chi connectivity index (χ2v) is 4.22. The Kier molecular flexibility index (Phi) is 5.09. The largest absolute Gasteiger partial charge is 0.393 e. The number of thiophene rings is 1. The van der Waals surface area contributed by atoms with Crippen LogP contribution in [0.1, 0.15) is 38.2 Å². The third kappa shape index (κ3) is 4.44. The molecule has 1 nitrogen and oxygen atoms in total. The highest BCUT2D eigenvalue weighted by atomic mass is 32.1. The molecule has 1 heterocycles. The lowest BCUT2D eigenvalue weighted by molar-refractivity contribution is 0.157. The number of hydrogen-bond acceptors (Lipinski definition) is 2.